The van der Waals surface area contributed by atoms with Gasteiger partial charge in [0.05, 0.1) is 13.0 Å². The molecule has 0 bridgehead atoms. The van der Waals surface area contributed by atoms with Gasteiger partial charge in [0.15, 0.2) is 0 Å². The van der Waals surface area contributed by atoms with E-state index in [9.17, 15) is 9.90 Å². The minimum absolute atomic E-state index is 0.0109. The number of rotatable bonds is 3. The maximum Gasteiger partial charge on any atom is 0.310 e. The second-order valence-corrected chi connectivity index (χ2v) is 3.44. The average Bonchev–Trinajstić information content (AvgIpc) is 2.17. The van der Waals surface area contributed by atoms with Crippen molar-refractivity contribution in [3.63, 3.8) is 0 Å². The molecule has 1 unspecified atom stereocenters. The highest BCUT2D eigenvalue weighted by atomic mass is 16.5. The summed E-state index contributed by atoms with van der Waals surface area (Å²) in [6.45, 7) is 3.31. The number of carboxylic acid groups (broad SMARTS) is 1. The molecule has 0 amide bonds. The Hall–Kier alpha value is -1.71. The Labute approximate surface area is 88.1 Å². The van der Waals surface area contributed by atoms with Gasteiger partial charge in [-0.3, -0.25) is 4.79 Å². The van der Waals surface area contributed by atoms with Gasteiger partial charge in [-0.2, -0.15) is 0 Å². The summed E-state index contributed by atoms with van der Waals surface area (Å²) >= 11 is 0. The number of phenols is 1. The summed E-state index contributed by atoms with van der Waals surface area (Å²) in [5, 5.41) is 18.5. The van der Waals surface area contributed by atoms with Crippen LogP contribution in [0.25, 0.3) is 0 Å². The Morgan fingerprint density at radius 2 is 2.07 bits per heavy atom. The van der Waals surface area contributed by atoms with Crippen molar-refractivity contribution >= 4 is 5.97 Å². The van der Waals surface area contributed by atoms with E-state index in [2.05, 4.69) is 0 Å². The van der Waals surface area contributed by atoms with E-state index in [0.717, 1.165) is 5.56 Å². The third-order valence-corrected chi connectivity index (χ3v) is 2.38. The van der Waals surface area contributed by atoms with E-state index in [1.165, 1.54) is 20.1 Å². The molecule has 0 fully saturated rings. The van der Waals surface area contributed by atoms with Crippen LogP contribution in [0.15, 0.2) is 12.1 Å². The molecule has 0 aliphatic heterocycles. The lowest BCUT2D eigenvalue weighted by atomic mass is 9.98. The van der Waals surface area contributed by atoms with Crippen LogP contribution in [-0.4, -0.2) is 23.3 Å². The fourth-order valence-electron chi connectivity index (χ4n) is 1.39. The summed E-state index contributed by atoms with van der Waals surface area (Å²) in [6, 6.07) is 3.07. The molecule has 0 aliphatic rings. The van der Waals surface area contributed by atoms with Crippen LogP contribution in [-0.2, 0) is 4.79 Å². The molecule has 15 heavy (non-hydrogen) atoms. The Bertz CT molecular complexity index is 384. The minimum atomic E-state index is -0.976. The number of hydrogen-bond acceptors (Lipinski definition) is 3. The number of methoxy groups -OCH3 is 1. The van der Waals surface area contributed by atoms with Crippen molar-refractivity contribution < 1.29 is 19.7 Å². The van der Waals surface area contributed by atoms with Gasteiger partial charge in [0.2, 0.25) is 0 Å². The molecular weight excluding hydrogens is 196 g/mol. The molecule has 1 atom stereocenters. The summed E-state index contributed by atoms with van der Waals surface area (Å²) in [4.78, 5) is 10.8. The zero-order valence-corrected chi connectivity index (χ0v) is 8.94. The number of carboxylic acids is 1. The largest absolute Gasteiger partial charge is 0.508 e. The van der Waals surface area contributed by atoms with E-state index in [0.29, 0.717) is 11.3 Å². The number of phenolic OH excluding ortho intramolecular Hbond substituents is 1. The molecule has 2 N–H and O–H groups in total. The molecule has 0 radical (unpaired) electrons. The highest BCUT2D eigenvalue weighted by molar-refractivity contribution is 5.77. The number of aryl methyl sites for hydroxylation is 1. The van der Waals surface area contributed by atoms with E-state index >= 15 is 0 Å². The molecule has 0 saturated carbocycles. The maximum atomic E-state index is 10.8. The van der Waals surface area contributed by atoms with Crippen LogP contribution in [0.5, 0.6) is 11.5 Å². The van der Waals surface area contributed by atoms with Crippen LogP contribution in [0.4, 0.5) is 0 Å². The van der Waals surface area contributed by atoms with Gasteiger partial charge in [0, 0.05) is 5.56 Å². The van der Waals surface area contributed by atoms with Gasteiger partial charge >= 0.3 is 5.97 Å². The second kappa shape index (κ2) is 4.21. The predicted octanol–water partition coefficient (Wildman–Crippen LogP) is 1.90. The molecular formula is C11H14O4. The molecule has 82 valence electrons. The Morgan fingerprint density at radius 1 is 1.47 bits per heavy atom. The molecule has 0 heterocycles. The van der Waals surface area contributed by atoms with Gasteiger partial charge < -0.3 is 14.9 Å². The van der Waals surface area contributed by atoms with Crippen LogP contribution >= 0.6 is 0 Å². The standard InChI is InChI=1S/C11H14O4/c1-6-4-9(12)8(5-10(6)15-3)7(2)11(13)14/h4-5,7,12H,1-3H3,(H,13,14). The molecule has 0 aromatic heterocycles. The molecule has 0 saturated heterocycles. The Kier molecular flexibility index (Phi) is 3.19. The Morgan fingerprint density at radius 3 is 2.53 bits per heavy atom. The van der Waals surface area contributed by atoms with Crippen LogP contribution in [0.1, 0.15) is 24.0 Å². The first-order valence-electron chi connectivity index (χ1n) is 4.57. The third kappa shape index (κ3) is 2.21. The molecule has 1 aromatic rings. The quantitative estimate of drug-likeness (QED) is 0.799. The van der Waals surface area contributed by atoms with Gasteiger partial charge in [0.25, 0.3) is 0 Å². The fraction of sp³-hybridized carbons (Fsp3) is 0.364. The van der Waals surface area contributed by atoms with Crippen LogP contribution in [0, 0.1) is 6.92 Å². The molecule has 1 aromatic carbocycles. The molecule has 0 aliphatic carbocycles. The summed E-state index contributed by atoms with van der Waals surface area (Å²) in [7, 11) is 1.51. The van der Waals surface area contributed by atoms with Crippen molar-refractivity contribution in [2.24, 2.45) is 0 Å². The first-order chi connectivity index (χ1) is 6.97. The summed E-state index contributed by atoms with van der Waals surface area (Å²) in [5.74, 6) is -1.16. The summed E-state index contributed by atoms with van der Waals surface area (Å²) < 4.78 is 5.07. The lowest BCUT2D eigenvalue weighted by Gasteiger charge is -2.12. The minimum Gasteiger partial charge on any atom is -0.508 e. The maximum absolute atomic E-state index is 10.8. The normalized spacial score (nSPS) is 12.2. The number of aliphatic carboxylic acids is 1. The lowest BCUT2D eigenvalue weighted by Crippen LogP contribution is -2.08. The predicted molar refractivity (Wildman–Crippen MR) is 55.4 cm³/mol. The van der Waals surface area contributed by atoms with Crippen molar-refractivity contribution in [1.29, 1.82) is 0 Å². The number of aromatic hydroxyl groups is 1. The molecule has 4 nitrogen and oxygen atoms in total. The monoisotopic (exact) mass is 210 g/mol. The summed E-state index contributed by atoms with van der Waals surface area (Å²) in [5.41, 5.74) is 1.14. The van der Waals surface area contributed by atoms with Gasteiger partial charge in [0.1, 0.15) is 11.5 Å². The number of ether oxygens (including phenoxy) is 1. The first kappa shape index (κ1) is 11.4. The van der Waals surface area contributed by atoms with E-state index in [-0.39, 0.29) is 5.75 Å². The van der Waals surface area contributed by atoms with Crippen molar-refractivity contribution in [2.75, 3.05) is 7.11 Å². The third-order valence-electron chi connectivity index (χ3n) is 2.38. The van der Waals surface area contributed by atoms with Crippen LogP contribution < -0.4 is 4.74 Å². The molecule has 4 heteroatoms. The molecule has 0 spiro atoms. The van der Waals surface area contributed by atoms with Crippen LogP contribution in [0.2, 0.25) is 0 Å². The van der Waals surface area contributed by atoms with E-state index in [4.69, 9.17) is 9.84 Å². The van der Waals surface area contributed by atoms with Gasteiger partial charge in [-0.05, 0) is 31.5 Å². The van der Waals surface area contributed by atoms with Crippen molar-refractivity contribution in [3.05, 3.63) is 23.3 Å². The first-order valence-corrected chi connectivity index (χ1v) is 4.57. The van der Waals surface area contributed by atoms with Crippen molar-refractivity contribution in [2.45, 2.75) is 19.8 Å². The van der Waals surface area contributed by atoms with Gasteiger partial charge in [-0.15, -0.1) is 0 Å². The van der Waals surface area contributed by atoms with Crippen molar-refractivity contribution in [3.8, 4) is 11.5 Å². The smallest absolute Gasteiger partial charge is 0.310 e. The van der Waals surface area contributed by atoms with Gasteiger partial charge in [-0.1, -0.05) is 0 Å². The number of carbonyl (C=O) groups is 1. The fourth-order valence-corrected chi connectivity index (χ4v) is 1.39. The summed E-state index contributed by atoms with van der Waals surface area (Å²) in [6.07, 6.45) is 0. The Balaban J connectivity index is 3.24. The van der Waals surface area contributed by atoms with E-state index < -0.39 is 11.9 Å². The van der Waals surface area contributed by atoms with Crippen LogP contribution in [0.3, 0.4) is 0 Å². The molecule has 1 rings (SSSR count). The SMILES string of the molecule is COc1cc(C(C)C(=O)O)c(O)cc1C. The highest BCUT2D eigenvalue weighted by Crippen LogP contribution is 2.32. The topological polar surface area (TPSA) is 66.8 Å². The highest BCUT2D eigenvalue weighted by Gasteiger charge is 2.19. The number of hydrogen-bond donors (Lipinski definition) is 2. The number of benzene rings is 1. The second-order valence-electron chi connectivity index (χ2n) is 3.44. The van der Waals surface area contributed by atoms with Gasteiger partial charge in [-0.25, -0.2) is 0 Å². The lowest BCUT2D eigenvalue weighted by molar-refractivity contribution is -0.138. The zero-order valence-electron chi connectivity index (χ0n) is 8.94. The zero-order chi connectivity index (χ0) is 11.6. The van der Waals surface area contributed by atoms with E-state index in [1.54, 1.807) is 13.0 Å². The average molecular weight is 210 g/mol. The van der Waals surface area contributed by atoms with E-state index in [1.807, 2.05) is 0 Å². The van der Waals surface area contributed by atoms with Crippen molar-refractivity contribution in [1.82, 2.24) is 0 Å².